The van der Waals surface area contributed by atoms with Gasteiger partial charge in [0.1, 0.15) is 5.75 Å². The van der Waals surface area contributed by atoms with Crippen molar-refractivity contribution >= 4 is 17.5 Å². The molecule has 0 fully saturated rings. The minimum atomic E-state index is 0.236. The van der Waals surface area contributed by atoms with Crippen LogP contribution >= 0.6 is 11.8 Å². The number of rotatable bonds is 7. The van der Waals surface area contributed by atoms with Gasteiger partial charge in [0, 0.05) is 17.7 Å². The standard InChI is InChI=1S/C16H24O2S/c1-11(2)15-10-13(18-5)6-7-14(15)16(17)8-9-19-12(3)4/h6-7,10-12H,8-9H2,1-5H3. The van der Waals surface area contributed by atoms with Gasteiger partial charge in [0.15, 0.2) is 5.78 Å². The van der Waals surface area contributed by atoms with Crippen LogP contribution in [0, 0.1) is 0 Å². The lowest BCUT2D eigenvalue weighted by Crippen LogP contribution is -2.07. The van der Waals surface area contributed by atoms with Gasteiger partial charge in [-0.1, -0.05) is 27.7 Å². The van der Waals surface area contributed by atoms with Crippen molar-refractivity contribution in [2.24, 2.45) is 0 Å². The van der Waals surface area contributed by atoms with E-state index in [2.05, 4.69) is 27.7 Å². The number of methoxy groups -OCH3 is 1. The van der Waals surface area contributed by atoms with Gasteiger partial charge in [-0.3, -0.25) is 4.79 Å². The summed E-state index contributed by atoms with van der Waals surface area (Å²) in [5.74, 6) is 2.27. The molecule has 0 aromatic heterocycles. The van der Waals surface area contributed by atoms with Crippen LogP contribution in [0.25, 0.3) is 0 Å². The molecule has 19 heavy (non-hydrogen) atoms. The molecular formula is C16H24O2S. The topological polar surface area (TPSA) is 26.3 Å². The van der Waals surface area contributed by atoms with E-state index in [9.17, 15) is 4.79 Å². The summed E-state index contributed by atoms with van der Waals surface area (Å²) in [6, 6.07) is 5.75. The fourth-order valence-electron chi connectivity index (χ4n) is 1.92. The van der Waals surface area contributed by atoms with E-state index in [4.69, 9.17) is 4.74 Å². The minimum absolute atomic E-state index is 0.236. The number of carbonyl (C=O) groups is 1. The molecule has 0 unspecified atom stereocenters. The van der Waals surface area contributed by atoms with Crippen molar-refractivity contribution in [2.75, 3.05) is 12.9 Å². The zero-order valence-electron chi connectivity index (χ0n) is 12.5. The first kappa shape index (κ1) is 16.1. The van der Waals surface area contributed by atoms with Gasteiger partial charge < -0.3 is 4.74 Å². The Morgan fingerprint density at radius 2 is 1.95 bits per heavy atom. The Bertz CT molecular complexity index is 425. The Kier molecular flexibility index (Phi) is 6.43. The molecule has 0 radical (unpaired) electrons. The van der Waals surface area contributed by atoms with Gasteiger partial charge in [-0.05, 0) is 34.9 Å². The highest BCUT2D eigenvalue weighted by Crippen LogP contribution is 2.26. The van der Waals surface area contributed by atoms with E-state index in [1.165, 1.54) is 0 Å². The molecule has 3 heteroatoms. The number of hydrogen-bond donors (Lipinski definition) is 0. The smallest absolute Gasteiger partial charge is 0.163 e. The van der Waals surface area contributed by atoms with Gasteiger partial charge in [0.05, 0.1) is 7.11 Å². The van der Waals surface area contributed by atoms with Gasteiger partial charge in [0.25, 0.3) is 0 Å². The maximum absolute atomic E-state index is 12.3. The molecule has 0 amide bonds. The molecule has 0 atom stereocenters. The molecule has 0 N–H and O–H groups in total. The molecule has 0 saturated carbocycles. The summed E-state index contributed by atoms with van der Waals surface area (Å²) < 4.78 is 5.24. The maximum Gasteiger partial charge on any atom is 0.163 e. The van der Waals surface area contributed by atoms with Crippen LogP contribution in [0.4, 0.5) is 0 Å². The Morgan fingerprint density at radius 1 is 1.26 bits per heavy atom. The Balaban J connectivity index is 2.83. The largest absolute Gasteiger partial charge is 0.497 e. The highest BCUT2D eigenvalue weighted by atomic mass is 32.2. The molecule has 1 rings (SSSR count). The zero-order valence-corrected chi connectivity index (χ0v) is 13.3. The Morgan fingerprint density at radius 3 is 2.47 bits per heavy atom. The Hall–Kier alpha value is -0.960. The van der Waals surface area contributed by atoms with Gasteiger partial charge in [-0.2, -0.15) is 11.8 Å². The van der Waals surface area contributed by atoms with Gasteiger partial charge >= 0.3 is 0 Å². The molecule has 0 aliphatic carbocycles. The molecular weight excluding hydrogens is 256 g/mol. The van der Waals surface area contributed by atoms with Crippen LogP contribution in [0.1, 0.15) is 56.0 Å². The van der Waals surface area contributed by atoms with E-state index in [1.807, 2.05) is 30.0 Å². The summed E-state index contributed by atoms with van der Waals surface area (Å²) in [7, 11) is 1.65. The molecule has 0 spiro atoms. The van der Waals surface area contributed by atoms with Crippen molar-refractivity contribution in [1.29, 1.82) is 0 Å². The van der Waals surface area contributed by atoms with E-state index < -0.39 is 0 Å². The summed E-state index contributed by atoms with van der Waals surface area (Å²) in [4.78, 5) is 12.3. The monoisotopic (exact) mass is 280 g/mol. The third-order valence-electron chi connectivity index (χ3n) is 2.96. The van der Waals surface area contributed by atoms with E-state index in [-0.39, 0.29) is 5.78 Å². The normalized spacial score (nSPS) is 11.1. The summed E-state index contributed by atoms with van der Waals surface area (Å²) in [5, 5.41) is 0.577. The quantitative estimate of drug-likeness (QED) is 0.686. The van der Waals surface area contributed by atoms with Crippen molar-refractivity contribution in [3.8, 4) is 5.75 Å². The van der Waals surface area contributed by atoms with Crippen molar-refractivity contribution in [3.63, 3.8) is 0 Å². The fraction of sp³-hybridized carbons (Fsp3) is 0.562. The molecule has 0 bridgehead atoms. The molecule has 1 aromatic rings. The fourth-order valence-corrected chi connectivity index (χ4v) is 2.70. The lowest BCUT2D eigenvalue weighted by Gasteiger charge is -2.14. The van der Waals surface area contributed by atoms with Crippen molar-refractivity contribution in [2.45, 2.75) is 45.3 Å². The predicted molar refractivity (Wildman–Crippen MR) is 83.6 cm³/mol. The first-order valence-corrected chi connectivity index (χ1v) is 7.83. The second kappa shape index (κ2) is 7.59. The van der Waals surface area contributed by atoms with Gasteiger partial charge in [0.2, 0.25) is 0 Å². The van der Waals surface area contributed by atoms with Crippen LogP contribution in [-0.2, 0) is 0 Å². The summed E-state index contributed by atoms with van der Waals surface area (Å²) >= 11 is 1.83. The first-order valence-electron chi connectivity index (χ1n) is 6.78. The van der Waals surface area contributed by atoms with Crippen LogP contribution in [0.3, 0.4) is 0 Å². The zero-order chi connectivity index (χ0) is 14.4. The third-order valence-corrected chi connectivity index (χ3v) is 4.07. The van der Waals surface area contributed by atoms with Crippen LogP contribution in [0.15, 0.2) is 18.2 Å². The molecule has 0 aliphatic rings. The lowest BCUT2D eigenvalue weighted by molar-refractivity contribution is 0.0988. The second-order valence-corrected chi connectivity index (χ2v) is 6.88. The van der Waals surface area contributed by atoms with Crippen LogP contribution in [0.5, 0.6) is 5.75 Å². The van der Waals surface area contributed by atoms with Crippen LogP contribution < -0.4 is 4.74 Å². The SMILES string of the molecule is COc1ccc(C(=O)CCSC(C)C)c(C(C)C)c1. The van der Waals surface area contributed by atoms with E-state index >= 15 is 0 Å². The third kappa shape index (κ3) is 4.90. The van der Waals surface area contributed by atoms with Crippen LogP contribution in [-0.4, -0.2) is 23.9 Å². The van der Waals surface area contributed by atoms with Crippen molar-refractivity contribution in [1.82, 2.24) is 0 Å². The Labute approximate surface area is 120 Å². The van der Waals surface area contributed by atoms with Crippen molar-refractivity contribution < 1.29 is 9.53 Å². The molecule has 0 heterocycles. The summed E-state index contributed by atoms with van der Waals surface area (Å²) in [5.41, 5.74) is 1.93. The number of ketones is 1. The van der Waals surface area contributed by atoms with Gasteiger partial charge in [-0.25, -0.2) is 0 Å². The molecule has 0 saturated heterocycles. The highest BCUT2D eigenvalue weighted by molar-refractivity contribution is 7.99. The number of thioether (sulfide) groups is 1. The molecule has 2 nitrogen and oxygen atoms in total. The number of ether oxygens (including phenoxy) is 1. The van der Waals surface area contributed by atoms with E-state index in [1.54, 1.807) is 7.11 Å². The average Bonchev–Trinajstić information content (AvgIpc) is 2.37. The van der Waals surface area contributed by atoms with E-state index in [0.29, 0.717) is 17.6 Å². The number of hydrogen-bond acceptors (Lipinski definition) is 3. The maximum atomic E-state index is 12.3. The van der Waals surface area contributed by atoms with Crippen molar-refractivity contribution in [3.05, 3.63) is 29.3 Å². The lowest BCUT2D eigenvalue weighted by atomic mass is 9.93. The second-order valence-electron chi connectivity index (χ2n) is 5.20. The van der Waals surface area contributed by atoms with Gasteiger partial charge in [-0.15, -0.1) is 0 Å². The molecule has 1 aromatic carbocycles. The number of carbonyl (C=O) groups excluding carboxylic acids is 1. The first-order chi connectivity index (χ1) is 8.95. The van der Waals surface area contributed by atoms with E-state index in [0.717, 1.165) is 22.6 Å². The summed E-state index contributed by atoms with van der Waals surface area (Å²) in [6.45, 7) is 8.52. The molecule has 106 valence electrons. The van der Waals surface area contributed by atoms with Crippen LogP contribution in [0.2, 0.25) is 0 Å². The summed E-state index contributed by atoms with van der Waals surface area (Å²) in [6.07, 6.45) is 0.606. The predicted octanol–water partition coefficient (Wildman–Crippen LogP) is 4.53. The minimum Gasteiger partial charge on any atom is -0.497 e. The highest BCUT2D eigenvalue weighted by Gasteiger charge is 2.14. The average molecular weight is 280 g/mol. The number of Topliss-reactive ketones (excluding diaryl/α,β-unsaturated/α-hetero) is 1. The molecule has 0 aliphatic heterocycles. The number of benzene rings is 1.